The van der Waals surface area contributed by atoms with Crippen LogP contribution in [0.4, 0.5) is 0 Å². The molecule has 0 amide bonds. The minimum atomic E-state index is 0.295. The molecule has 0 aliphatic heterocycles. The van der Waals surface area contributed by atoms with Crippen molar-refractivity contribution in [3.8, 4) is 22.8 Å². The SMILES string of the molecule is Brc1ccc(-c2noc(Cc3nnc(-c4ccccc4)o3)n2)cc1. The van der Waals surface area contributed by atoms with Crippen molar-refractivity contribution in [2.45, 2.75) is 6.42 Å². The lowest BCUT2D eigenvalue weighted by Gasteiger charge is -1.93. The van der Waals surface area contributed by atoms with Crippen LogP contribution in [0.15, 0.2) is 68.0 Å². The summed E-state index contributed by atoms with van der Waals surface area (Å²) in [6, 6.07) is 17.3. The summed E-state index contributed by atoms with van der Waals surface area (Å²) in [7, 11) is 0. The van der Waals surface area contributed by atoms with Crippen LogP contribution in [0.5, 0.6) is 0 Å². The molecule has 0 aliphatic carbocycles. The predicted molar refractivity (Wildman–Crippen MR) is 90.0 cm³/mol. The van der Waals surface area contributed by atoms with Gasteiger partial charge in [0.05, 0.1) is 0 Å². The third kappa shape index (κ3) is 3.11. The molecule has 0 spiro atoms. The van der Waals surface area contributed by atoms with Crippen LogP contribution in [0.3, 0.4) is 0 Å². The van der Waals surface area contributed by atoms with E-state index in [1.54, 1.807) is 0 Å². The van der Waals surface area contributed by atoms with Crippen LogP contribution in [0.2, 0.25) is 0 Å². The summed E-state index contributed by atoms with van der Waals surface area (Å²) in [5.74, 6) is 1.86. The first kappa shape index (κ1) is 14.8. The van der Waals surface area contributed by atoms with Gasteiger partial charge in [-0.1, -0.05) is 39.3 Å². The molecule has 7 heteroatoms. The lowest BCUT2D eigenvalue weighted by atomic mass is 10.2. The van der Waals surface area contributed by atoms with Gasteiger partial charge in [0.1, 0.15) is 6.42 Å². The number of halogens is 1. The van der Waals surface area contributed by atoms with E-state index in [1.807, 2.05) is 54.6 Å². The molecule has 0 atom stereocenters. The fourth-order valence-corrected chi connectivity index (χ4v) is 2.46. The number of nitrogens with zero attached hydrogens (tertiary/aromatic N) is 4. The normalized spacial score (nSPS) is 10.9. The molecule has 0 radical (unpaired) electrons. The minimum Gasteiger partial charge on any atom is -0.420 e. The lowest BCUT2D eigenvalue weighted by Crippen LogP contribution is -1.88. The van der Waals surface area contributed by atoms with Crippen LogP contribution < -0.4 is 0 Å². The predicted octanol–water partition coefficient (Wildman–Crippen LogP) is 4.14. The van der Waals surface area contributed by atoms with E-state index in [4.69, 9.17) is 8.94 Å². The Bertz CT molecular complexity index is 948. The molecule has 2 aromatic carbocycles. The Labute approximate surface area is 145 Å². The van der Waals surface area contributed by atoms with E-state index in [1.165, 1.54) is 0 Å². The molecule has 2 heterocycles. The van der Waals surface area contributed by atoms with Gasteiger partial charge in [-0.3, -0.25) is 0 Å². The third-order valence-electron chi connectivity index (χ3n) is 3.36. The quantitative estimate of drug-likeness (QED) is 0.527. The Hall–Kier alpha value is -2.80. The van der Waals surface area contributed by atoms with E-state index in [-0.39, 0.29) is 0 Å². The van der Waals surface area contributed by atoms with Crippen LogP contribution in [-0.4, -0.2) is 20.3 Å². The van der Waals surface area contributed by atoms with E-state index in [9.17, 15) is 0 Å². The molecular weight excluding hydrogens is 372 g/mol. The van der Waals surface area contributed by atoms with Crippen LogP contribution in [0, 0.1) is 0 Å². The second kappa shape index (κ2) is 6.37. The molecule has 0 N–H and O–H groups in total. The van der Waals surface area contributed by atoms with Crippen LogP contribution in [0.25, 0.3) is 22.8 Å². The first-order valence-electron chi connectivity index (χ1n) is 7.24. The van der Waals surface area contributed by atoms with Gasteiger partial charge in [0.2, 0.25) is 23.5 Å². The van der Waals surface area contributed by atoms with Crippen molar-refractivity contribution in [1.29, 1.82) is 0 Å². The van der Waals surface area contributed by atoms with Crippen molar-refractivity contribution in [2.24, 2.45) is 0 Å². The minimum absolute atomic E-state index is 0.295. The van der Waals surface area contributed by atoms with Gasteiger partial charge in [-0.2, -0.15) is 4.98 Å². The second-order valence-corrected chi connectivity index (χ2v) is 5.98. The van der Waals surface area contributed by atoms with Crippen molar-refractivity contribution in [3.63, 3.8) is 0 Å². The number of aromatic nitrogens is 4. The van der Waals surface area contributed by atoms with Crippen LogP contribution >= 0.6 is 15.9 Å². The fourth-order valence-electron chi connectivity index (χ4n) is 2.19. The highest BCUT2D eigenvalue weighted by Gasteiger charge is 2.14. The standard InChI is InChI=1S/C17H11BrN4O2/c18-13-8-6-11(7-9-13)16-19-14(24-22-16)10-15-20-21-17(23-15)12-4-2-1-3-5-12/h1-9H,10H2. The van der Waals surface area contributed by atoms with Crippen LogP contribution in [-0.2, 0) is 6.42 Å². The van der Waals surface area contributed by atoms with Gasteiger partial charge in [-0.05, 0) is 36.4 Å². The van der Waals surface area contributed by atoms with Crippen molar-refractivity contribution in [1.82, 2.24) is 20.3 Å². The Balaban J connectivity index is 1.52. The Morgan fingerprint density at radius 2 is 1.62 bits per heavy atom. The second-order valence-electron chi connectivity index (χ2n) is 5.06. The molecule has 0 aliphatic rings. The molecule has 4 aromatic rings. The van der Waals surface area contributed by atoms with Gasteiger partial charge >= 0.3 is 0 Å². The molecule has 0 unspecified atom stereocenters. The van der Waals surface area contributed by atoms with Gasteiger partial charge in [0.25, 0.3) is 0 Å². The van der Waals surface area contributed by atoms with Gasteiger partial charge < -0.3 is 8.94 Å². The Morgan fingerprint density at radius 3 is 2.42 bits per heavy atom. The fraction of sp³-hybridized carbons (Fsp3) is 0.0588. The first-order chi connectivity index (χ1) is 11.8. The van der Waals surface area contributed by atoms with Crippen molar-refractivity contribution < 1.29 is 8.94 Å². The smallest absolute Gasteiger partial charge is 0.247 e. The van der Waals surface area contributed by atoms with E-state index in [0.717, 1.165) is 15.6 Å². The Morgan fingerprint density at radius 1 is 0.833 bits per heavy atom. The summed E-state index contributed by atoms with van der Waals surface area (Å²) in [5, 5.41) is 12.1. The molecular formula is C17H11BrN4O2. The van der Waals surface area contributed by atoms with Crippen molar-refractivity contribution >= 4 is 15.9 Å². The topological polar surface area (TPSA) is 77.8 Å². The zero-order valence-corrected chi connectivity index (χ0v) is 14.0. The zero-order valence-electron chi connectivity index (χ0n) is 12.4. The summed E-state index contributed by atoms with van der Waals surface area (Å²) >= 11 is 3.40. The van der Waals surface area contributed by atoms with Gasteiger partial charge in [0, 0.05) is 15.6 Å². The summed E-state index contributed by atoms with van der Waals surface area (Å²) in [4.78, 5) is 4.37. The van der Waals surface area contributed by atoms with Crippen molar-refractivity contribution in [3.05, 3.63) is 70.9 Å². The van der Waals surface area contributed by atoms with E-state index < -0.39 is 0 Å². The van der Waals surface area contributed by atoms with Gasteiger partial charge in [-0.25, -0.2) is 0 Å². The average molecular weight is 383 g/mol. The summed E-state index contributed by atoms with van der Waals surface area (Å²) in [6.07, 6.45) is 0.295. The van der Waals surface area contributed by atoms with Crippen molar-refractivity contribution in [2.75, 3.05) is 0 Å². The maximum atomic E-state index is 5.65. The molecule has 0 bridgehead atoms. The number of hydrogen-bond acceptors (Lipinski definition) is 6. The summed E-state index contributed by atoms with van der Waals surface area (Å²) < 4.78 is 11.9. The highest BCUT2D eigenvalue weighted by Crippen LogP contribution is 2.21. The molecule has 0 saturated heterocycles. The molecule has 2 aromatic heterocycles. The van der Waals surface area contributed by atoms with Crippen LogP contribution in [0.1, 0.15) is 11.8 Å². The summed E-state index contributed by atoms with van der Waals surface area (Å²) in [5.41, 5.74) is 1.75. The molecule has 6 nitrogen and oxygen atoms in total. The zero-order chi connectivity index (χ0) is 16.4. The summed E-state index contributed by atoms with van der Waals surface area (Å²) in [6.45, 7) is 0. The molecule has 0 saturated carbocycles. The monoisotopic (exact) mass is 382 g/mol. The van der Waals surface area contributed by atoms with E-state index >= 15 is 0 Å². The molecule has 4 rings (SSSR count). The average Bonchev–Trinajstić information content (AvgIpc) is 3.27. The highest BCUT2D eigenvalue weighted by atomic mass is 79.9. The number of hydrogen-bond donors (Lipinski definition) is 0. The van der Waals surface area contributed by atoms with Gasteiger partial charge in [0.15, 0.2) is 0 Å². The maximum absolute atomic E-state index is 5.65. The molecule has 0 fully saturated rings. The number of rotatable bonds is 4. The van der Waals surface area contributed by atoms with Gasteiger partial charge in [-0.15, -0.1) is 10.2 Å². The molecule has 24 heavy (non-hydrogen) atoms. The maximum Gasteiger partial charge on any atom is 0.247 e. The van der Waals surface area contributed by atoms with E-state index in [0.29, 0.717) is 29.9 Å². The largest absolute Gasteiger partial charge is 0.420 e. The highest BCUT2D eigenvalue weighted by molar-refractivity contribution is 9.10. The lowest BCUT2D eigenvalue weighted by molar-refractivity contribution is 0.374. The molecule has 118 valence electrons. The number of benzene rings is 2. The third-order valence-corrected chi connectivity index (χ3v) is 3.89. The van der Waals surface area contributed by atoms with E-state index in [2.05, 4.69) is 36.3 Å². The Kier molecular flexibility index (Phi) is 3.92. The first-order valence-corrected chi connectivity index (χ1v) is 8.03.